The zero-order valence-corrected chi connectivity index (χ0v) is 14.2. The quantitative estimate of drug-likeness (QED) is 0.710. The summed E-state index contributed by atoms with van der Waals surface area (Å²) in [5, 5.41) is 3.22. The largest absolute Gasteiger partial charge is 0.340 e. The Morgan fingerprint density at radius 1 is 1.12 bits per heavy atom. The van der Waals surface area contributed by atoms with Crippen molar-refractivity contribution < 1.29 is 4.39 Å². The summed E-state index contributed by atoms with van der Waals surface area (Å²) in [5.74, 6) is 0.835. The number of aromatic nitrogens is 2. The molecule has 126 valence electrons. The summed E-state index contributed by atoms with van der Waals surface area (Å²) in [4.78, 5) is 11.2. The molecular formula is C19H16ClFN4. The Morgan fingerprint density at radius 3 is 2.88 bits per heavy atom. The lowest BCUT2D eigenvalue weighted by Crippen LogP contribution is -2.26. The van der Waals surface area contributed by atoms with Gasteiger partial charge in [0.05, 0.1) is 5.02 Å². The molecular weight excluding hydrogens is 339 g/mol. The fourth-order valence-electron chi connectivity index (χ4n) is 3.01. The zero-order chi connectivity index (χ0) is 17.2. The summed E-state index contributed by atoms with van der Waals surface area (Å²) >= 11 is 5.83. The molecule has 1 aliphatic rings. The third kappa shape index (κ3) is 3.28. The van der Waals surface area contributed by atoms with E-state index in [-0.39, 0.29) is 5.02 Å². The Hall–Kier alpha value is -2.66. The molecule has 0 spiro atoms. The zero-order valence-electron chi connectivity index (χ0n) is 13.4. The standard InChI is InChI=1S/C19H16ClFN4/c20-15-12-14(7-8-16(15)21)23-18-9-10-22-19(24-18)25-11-3-5-13-4-1-2-6-17(13)25/h1-2,4,6-10,12H,3,5,11H2,(H,22,23,24). The van der Waals surface area contributed by atoms with E-state index in [2.05, 4.69) is 38.4 Å². The number of rotatable bonds is 3. The third-order valence-electron chi connectivity index (χ3n) is 4.19. The first-order valence-corrected chi connectivity index (χ1v) is 8.49. The summed E-state index contributed by atoms with van der Waals surface area (Å²) in [7, 11) is 0. The fraction of sp³-hybridized carbons (Fsp3) is 0.158. The Morgan fingerprint density at radius 2 is 2.00 bits per heavy atom. The highest BCUT2D eigenvalue weighted by Gasteiger charge is 2.19. The van der Waals surface area contributed by atoms with E-state index in [1.165, 1.54) is 17.7 Å². The van der Waals surface area contributed by atoms with Gasteiger partial charge < -0.3 is 10.2 Å². The van der Waals surface area contributed by atoms with Gasteiger partial charge >= 0.3 is 0 Å². The predicted octanol–water partition coefficient (Wildman–Crippen LogP) is 5.10. The lowest BCUT2D eigenvalue weighted by atomic mass is 10.0. The van der Waals surface area contributed by atoms with Gasteiger partial charge in [0, 0.05) is 24.1 Å². The summed E-state index contributed by atoms with van der Waals surface area (Å²) in [5.41, 5.74) is 3.13. The molecule has 0 atom stereocenters. The molecule has 0 fully saturated rings. The number of anilines is 4. The van der Waals surface area contributed by atoms with Gasteiger partial charge in [-0.3, -0.25) is 0 Å². The Balaban J connectivity index is 1.63. The Bertz CT molecular complexity index is 915. The molecule has 4 nitrogen and oxygen atoms in total. The summed E-state index contributed by atoms with van der Waals surface area (Å²) in [6, 6.07) is 14.6. The number of halogens is 2. The SMILES string of the molecule is Fc1ccc(Nc2ccnc(N3CCCc4ccccc43)n2)cc1Cl. The molecule has 3 aromatic rings. The van der Waals surface area contributed by atoms with Crippen LogP contribution in [0.25, 0.3) is 0 Å². The summed E-state index contributed by atoms with van der Waals surface area (Å²) in [6.07, 6.45) is 3.84. The van der Waals surface area contributed by atoms with Crippen molar-refractivity contribution in [1.29, 1.82) is 0 Å². The highest BCUT2D eigenvalue weighted by molar-refractivity contribution is 6.31. The topological polar surface area (TPSA) is 41.1 Å². The van der Waals surface area contributed by atoms with Crippen molar-refractivity contribution >= 4 is 34.7 Å². The number of hydrogen-bond donors (Lipinski definition) is 1. The maximum Gasteiger partial charge on any atom is 0.231 e. The Kier molecular flexibility index (Phi) is 4.24. The van der Waals surface area contributed by atoms with Gasteiger partial charge in [-0.25, -0.2) is 9.37 Å². The molecule has 1 N–H and O–H groups in total. The normalized spacial score (nSPS) is 13.4. The molecule has 0 amide bonds. The van der Waals surface area contributed by atoms with Crippen LogP contribution in [-0.4, -0.2) is 16.5 Å². The second-order valence-corrected chi connectivity index (χ2v) is 6.29. The molecule has 2 aromatic carbocycles. The van der Waals surface area contributed by atoms with Crippen LogP contribution < -0.4 is 10.2 Å². The van der Waals surface area contributed by atoms with Gasteiger partial charge in [-0.2, -0.15) is 4.98 Å². The number of aryl methyl sites for hydroxylation is 1. The van der Waals surface area contributed by atoms with E-state index < -0.39 is 5.82 Å². The van der Waals surface area contributed by atoms with E-state index in [0.717, 1.165) is 25.1 Å². The number of hydrogen-bond acceptors (Lipinski definition) is 4. The molecule has 0 radical (unpaired) electrons. The molecule has 0 aliphatic carbocycles. The van der Waals surface area contributed by atoms with Gasteiger partial charge in [0.2, 0.25) is 5.95 Å². The van der Waals surface area contributed by atoms with Crippen molar-refractivity contribution in [2.45, 2.75) is 12.8 Å². The average Bonchev–Trinajstić information content (AvgIpc) is 2.64. The molecule has 0 saturated carbocycles. The number of benzene rings is 2. The number of fused-ring (bicyclic) bond motifs is 1. The van der Waals surface area contributed by atoms with Crippen molar-refractivity contribution in [2.24, 2.45) is 0 Å². The van der Waals surface area contributed by atoms with Crippen LogP contribution in [-0.2, 0) is 6.42 Å². The van der Waals surface area contributed by atoms with E-state index in [1.54, 1.807) is 18.3 Å². The average molecular weight is 355 g/mol. The molecule has 1 aromatic heterocycles. The van der Waals surface area contributed by atoms with E-state index >= 15 is 0 Å². The van der Waals surface area contributed by atoms with Gasteiger partial charge in [0.25, 0.3) is 0 Å². The molecule has 25 heavy (non-hydrogen) atoms. The van der Waals surface area contributed by atoms with Gasteiger partial charge in [-0.15, -0.1) is 0 Å². The van der Waals surface area contributed by atoms with E-state index in [4.69, 9.17) is 11.6 Å². The van der Waals surface area contributed by atoms with E-state index in [9.17, 15) is 4.39 Å². The van der Waals surface area contributed by atoms with Crippen LogP contribution in [0.5, 0.6) is 0 Å². The lowest BCUT2D eigenvalue weighted by Gasteiger charge is -2.29. The number of nitrogens with zero attached hydrogens (tertiary/aromatic N) is 3. The van der Waals surface area contributed by atoms with Crippen LogP contribution in [0, 0.1) is 5.82 Å². The summed E-state index contributed by atoms with van der Waals surface area (Å²) < 4.78 is 13.3. The maximum absolute atomic E-state index is 13.3. The van der Waals surface area contributed by atoms with E-state index in [1.807, 2.05) is 6.07 Å². The Labute approximate surface area is 150 Å². The van der Waals surface area contributed by atoms with Gasteiger partial charge in [0.1, 0.15) is 11.6 Å². The first-order chi connectivity index (χ1) is 12.2. The highest BCUT2D eigenvalue weighted by Crippen LogP contribution is 2.32. The minimum Gasteiger partial charge on any atom is -0.340 e. The van der Waals surface area contributed by atoms with Gasteiger partial charge in [-0.1, -0.05) is 29.8 Å². The van der Waals surface area contributed by atoms with Crippen LogP contribution in [0.4, 0.5) is 27.5 Å². The molecule has 4 rings (SSSR count). The van der Waals surface area contributed by atoms with Gasteiger partial charge in [0.15, 0.2) is 0 Å². The lowest BCUT2D eigenvalue weighted by molar-refractivity contribution is 0.628. The minimum atomic E-state index is -0.444. The highest BCUT2D eigenvalue weighted by atomic mass is 35.5. The first kappa shape index (κ1) is 15.8. The van der Waals surface area contributed by atoms with Crippen molar-refractivity contribution in [3.8, 4) is 0 Å². The van der Waals surface area contributed by atoms with Crippen molar-refractivity contribution in [3.05, 3.63) is 71.1 Å². The van der Waals surface area contributed by atoms with Crippen molar-refractivity contribution in [1.82, 2.24) is 9.97 Å². The smallest absolute Gasteiger partial charge is 0.231 e. The molecule has 0 unspecified atom stereocenters. The molecule has 2 heterocycles. The molecule has 1 aliphatic heterocycles. The number of nitrogens with one attached hydrogen (secondary N) is 1. The number of para-hydroxylation sites is 1. The van der Waals surface area contributed by atoms with Gasteiger partial charge in [-0.05, 0) is 48.7 Å². The minimum absolute atomic E-state index is 0.0734. The second kappa shape index (κ2) is 6.69. The van der Waals surface area contributed by atoms with Crippen LogP contribution >= 0.6 is 11.6 Å². The third-order valence-corrected chi connectivity index (χ3v) is 4.48. The predicted molar refractivity (Wildman–Crippen MR) is 98.5 cm³/mol. The van der Waals surface area contributed by atoms with Crippen LogP contribution in [0.3, 0.4) is 0 Å². The fourth-order valence-corrected chi connectivity index (χ4v) is 3.19. The van der Waals surface area contributed by atoms with Crippen LogP contribution in [0.2, 0.25) is 5.02 Å². The van der Waals surface area contributed by atoms with Crippen LogP contribution in [0.15, 0.2) is 54.7 Å². The van der Waals surface area contributed by atoms with Crippen LogP contribution in [0.1, 0.15) is 12.0 Å². The van der Waals surface area contributed by atoms with E-state index in [0.29, 0.717) is 17.5 Å². The van der Waals surface area contributed by atoms with Crippen molar-refractivity contribution in [3.63, 3.8) is 0 Å². The summed E-state index contributed by atoms with van der Waals surface area (Å²) in [6.45, 7) is 0.878. The molecule has 0 saturated heterocycles. The molecule has 6 heteroatoms. The second-order valence-electron chi connectivity index (χ2n) is 5.88. The first-order valence-electron chi connectivity index (χ1n) is 8.11. The maximum atomic E-state index is 13.3. The monoisotopic (exact) mass is 354 g/mol. The molecule has 0 bridgehead atoms. The van der Waals surface area contributed by atoms with Crippen molar-refractivity contribution in [2.75, 3.05) is 16.8 Å².